The standard InChI is InChI=1S/C15H19N3/c1-18(10-8-14-6-2-3-9-17-14)15-7-4-5-13(11-15)12-16/h2-7,9,11H,8,10,12,16H2,1H3. The molecule has 0 spiro atoms. The fourth-order valence-corrected chi connectivity index (χ4v) is 1.88. The molecular formula is C15H19N3. The Kier molecular flexibility index (Phi) is 4.31. The van der Waals surface area contributed by atoms with Gasteiger partial charge in [0.1, 0.15) is 0 Å². The molecule has 18 heavy (non-hydrogen) atoms. The maximum atomic E-state index is 5.66. The Morgan fingerprint density at radius 2 is 2.06 bits per heavy atom. The van der Waals surface area contributed by atoms with E-state index in [2.05, 4.69) is 47.3 Å². The summed E-state index contributed by atoms with van der Waals surface area (Å²) in [4.78, 5) is 6.56. The summed E-state index contributed by atoms with van der Waals surface area (Å²) in [6.45, 7) is 1.53. The fourth-order valence-electron chi connectivity index (χ4n) is 1.88. The van der Waals surface area contributed by atoms with Gasteiger partial charge in [-0.15, -0.1) is 0 Å². The maximum absolute atomic E-state index is 5.66. The summed E-state index contributed by atoms with van der Waals surface area (Å²) in [5, 5.41) is 0. The molecule has 2 rings (SSSR count). The van der Waals surface area contributed by atoms with Crippen molar-refractivity contribution in [3.8, 4) is 0 Å². The Hall–Kier alpha value is -1.87. The minimum absolute atomic E-state index is 0.585. The van der Waals surface area contributed by atoms with Crippen LogP contribution in [0.15, 0.2) is 48.7 Å². The predicted octanol–water partition coefficient (Wildman–Crippen LogP) is 2.22. The second-order valence-electron chi connectivity index (χ2n) is 4.37. The number of likely N-dealkylation sites (N-methyl/N-ethyl adjacent to an activating group) is 1. The number of hydrogen-bond donors (Lipinski definition) is 1. The highest BCUT2D eigenvalue weighted by atomic mass is 15.1. The molecule has 94 valence electrons. The van der Waals surface area contributed by atoms with Crippen LogP contribution in [0.3, 0.4) is 0 Å². The Bertz CT molecular complexity index is 482. The number of rotatable bonds is 5. The van der Waals surface area contributed by atoms with Crippen molar-refractivity contribution in [2.24, 2.45) is 5.73 Å². The molecule has 0 aliphatic heterocycles. The molecule has 0 radical (unpaired) electrons. The lowest BCUT2D eigenvalue weighted by Gasteiger charge is -2.19. The van der Waals surface area contributed by atoms with Gasteiger partial charge in [0.25, 0.3) is 0 Å². The van der Waals surface area contributed by atoms with Gasteiger partial charge in [-0.3, -0.25) is 4.98 Å². The summed E-state index contributed by atoms with van der Waals surface area (Å²) in [5.74, 6) is 0. The van der Waals surface area contributed by atoms with E-state index in [1.807, 2.05) is 18.3 Å². The lowest BCUT2D eigenvalue weighted by Crippen LogP contribution is -2.20. The van der Waals surface area contributed by atoms with Crippen LogP contribution in [0.1, 0.15) is 11.3 Å². The molecule has 0 aliphatic carbocycles. The lowest BCUT2D eigenvalue weighted by molar-refractivity contribution is 0.851. The first-order valence-corrected chi connectivity index (χ1v) is 6.19. The van der Waals surface area contributed by atoms with Gasteiger partial charge in [0, 0.05) is 44.1 Å². The third-order valence-corrected chi connectivity index (χ3v) is 3.02. The molecule has 0 saturated heterocycles. The molecule has 2 N–H and O–H groups in total. The Balaban J connectivity index is 1.97. The molecule has 0 atom stereocenters. The molecular weight excluding hydrogens is 222 g/mol. The van der Waals surface area contributed by atoms with E-state index < -0.39 is 0 Å². The van der Waals surface area contributed by atoms with Gasteiger partial charge in [-0.1, -0.05) is 18.2 Å². The number of nitrogens with two attached hydrogens (primary N) is 1. The molecule has 0 bridgehead atoms. The zero-order valence-corrected chi connectivity index (χ0v) is 10.7. The zero-order valence-electron chi connectivity index (χ0n) is 10.7. The second-order valence-corrected chi connectivity index (χ2v) is 4.37. The van der Waals surface area contributed by atoms with E-state index in [1.165, 1.54) is 5.69 Å². The van der Waals surface area contributed by atoms with Crippen LogP contribution in [0.25, 0.3) is 0 Å². The van der Waals surface area contributed by atoms with Gasteiger partial charge in [0.2, 0.25) is 0 Å². The van der Waals surface area contributed by atoms with Crippen LogP contribution in [0.4, 0.5) is 5.69 Å². The van der Waals surface area contributed by atoms with Crippen molar-refractivity contribution in [1.82, 2.24) is 4.98 Å². The highest BCUT2D eigenvalue weighted by Crippen LogP contribution is 2.14. The monoisotopic (exact) mass is 241 g/mol. The van der Waals surface area contributed by atoms with Crippen LogP contribution in [0, 0.1) is 0 Å². The van der Waals surface area contributed by atoms with E-state index in [-0.39, 0.29) is 0 Å². The van der Waals surface area contributed by atoms with Crippen molar-refractivity contribution < 1.29 is 0 Å². The first-order chi connectivity index (χ1) is 8.79. The van der Waals surface area contributed by atoms with Gasteiger partial charge in [0.05, 0.1) is 0 Å². The minimum Gasteiger partial charge on any atom is -0.374 e. The largest absolute Gasteiger partial charge is 0.374 e. The fraction of sp³-hybridized carbons (Fsp3) is 0.267. The first-order valence-electron chi connectivity index (χ1n) is 6.19. The molecule has 0 fully saturated rings. The quantitative estimate of drug-likeness (QED) is 0.872. The smallest absolute Gasteiger partial charge is 0.0421 e. The molecule has 0 amide bonds. The van der Waals surface area contributed by atoms with Crippen LogP contribution in [0.2, 0.25) is 0 Å². The SMILES string of the molecule is CN(CCc1ccccn1)c1cccc(CN)c1. The van der Waals surface area contributed by atoms with Gasteiger partial charge in [0.15, 0.2) is 0 Å². The van der Waals surface area contributed by atoms with Gasteiger partial charge in [-0.05, 0) is 29.8 Å². The highest BCUT2D eigenvalue weighted by Gasteiger charge is 2.02. The number of benzene rings is 1. The van der Waals surface area contributed by atoms with Gasteiger partial charge < -0.3 is 10.6 Å². The minimum atomic E-state index is 0.585. The number of aromatic nitrogens is 1. The van der Waals surface area contributed by atoms with E-state index in [4.69, 9.17) is 5.73 Å². The summed E-state index contributed by atoms with van der Waals surface area (Å²) in [7, 11) is 2.10. The molecule has 2 aromatic rings. The zero-order chi connectivity index (χ0) is 12.8. The third-order valence-electron chi connectivity index (χ3n) is 3.02. The van der Waals surface area contributed by atoms with E-state index in [0.29, 0.717) is 6.54 Å². The van der Waals surface area contributed by atoms with E-state index >= 15 is 0 Å². The van der Waals surface area contributed by atoms with Crippen molar-refractivity contribution in [1.29, 1.82) is 0 Å². The average Bonchev–Trinajstić information content (AvgIpc) is 2.46. The molecule has 1 heterocycles. The van der Waals surface area contributed by atoms with Crippen LogP contribution in [-0.4, -0.2) is 18.6 Å². The number of nitrogens with zero attached hydrogens (tertiary/aromatic N) is 2. The number of anilines is 1. The predicted molar refractivity (Wildman–Crippen MR) is 75.5 cm³/mol. The average molecular weight is 241 g/mol. The van der Waals surface area contributed by atoms with Crippen molar-refractivity contribution in [3.63, 3.8) is 0 Å². The normalized spacial score (nSPS) is 10.3. The molecule has 1 aromatic heterocycles. The topological polar surface area (TPSA) is 42.2 Å². The Labute approximate surface area is 108 Å². The molecule has 3 heteroatoms. The number of pyridine rings is 1. The van der Waals surface area contributed by atoms with Gasteiger partial charge >= 0.3 is 0 Å². The number of hydrogen-bond acceptors (Lipinski definition) is 3. The van der Waals surface area contributed by atoms with Crippen molar-refractivity contribution >= 4 is 5.69 Å². The van der Waals surface area contributed by atoms with E-state index in [9.17, 15) is 0 Å². The summed E-state index contributed by atoms with van der Waals surface area (Å²) >= 11 is 0. The Morgan fingerprint density at radius 3 is 2.78 bits per heavy atom. The van der Waals surface area contributed by atoms with E-state index in [1.54, 1.807) is 0 Å². The van der Waals surface area contributed by atoms with Crippen molar-refractivity contribution in [2.75, 3.05) is 18.5 Å². The molecule has 3 nitrogen and oxygen atoms in total. The third kappa shape index (κ3) is 3.31. The molecule has 0 unspecified atom stereocenters. The van der Waals surface area contributed by atoms with Crippen molar-refractivity contribution in [2.45, 2.75) is 13.0 Å². The summed E-state index contributed by atoms with van der Waals surface area (Å²) in [5.41, 5.74) is 9.15. The maximum Gasteiger partial charge on any atom is 0.0421 e. The molecule has 1 aromatic carbocycles. The summed E-state index contributed by atoms with van der Waals surface area (Å²) in [6.07, 6.45) is 2.79. The van der Waals surface area contributed by atoms with E-state index in [0.717, 1.165) is 24.2 Å². The molecule has 0 saturated carbocycles. The van der Waals surface area contributed by atoms with Crippen LogP contribution >= 0.6 is 0 Å². The van der Waals surface area contributed by atoms with Gasteiger partial charge in [-0.25, -0.2) is 0 Å². The van der Waals surface area contributed by atoms with Gasteiger partial charge in [-0.2, -0.15) is 0 Å². The summed E-state index contributed by atoms with van der Waals surface area (Å²) in [6, 6.07) is 14.4. The first kappa shape index (κ1) is 12.6. The summed E-state index contributed by atoms with van der Waals surface area (Å²) < 4.78 is 0. The Morgan fingerprint density at radius 1 is 1.17 bits per heavy atom. The highest BCUT2D eigenvalue weighted by molar-refractivity contribution is 5.47. The second kappa shape index (κ2) is 6.17. The van der Waals surface area contributed by atoms with Crippen LogP contribution in [0.5, 0.6) is 0 Å². The van der Waals surface area contributed by atoms with Crippen molar-refractivity contribution in [3.05, 3.63) is 59.9 Å². The lowest BCUT2D eigenvalue weighted by atomic mass is 10.2. The molecule has 0 aliphatic rings. The van der Waals surface area contributed by atoms with Crippen LogP contribution in [-0.2, 0) is 13.0 Å². The van der Waals surface area contributed by atoms with Crippen LogP contribution < -0.4 is 10.6 Å².